The van der Waals surface area contributed by atoms with Crippen LogP contribution < -0.4 is 0 Å². The van der Waals surface area contributed by atoms with E-state index in [1.165, 1.54) is 11.8 Å². The average Bonchev–Trinajstić information content (AvgIpc) is 2.48. The van der Waals surface area contributed by atoms with Gasteiger partial charge in [-0.2, -0.15) is 0 Å². The molecule has 1 aromatic carbocycles. The van der Waals surface area contributed by atoms with Crippen molar-refractivity contribution >= 4 is 5.97 Å². The summed E-state index contributed by atoms with van der Waals surface area (Å²) in [6.45, 7) is 10.1. The van der Waals surface area contributed by atoms with E-state index in [1.54, 1.807) is 0 Å². The number of esters is 1. The van der Waals surface area contributed by atoms with Gasteiger partial charge in [-0.15, -0.1) is 6.58 Å². The van der Waals surface area contributed by atoms with Crippen LogP contribution in [0.3, 0.4) is 0 Å². The molecule has 1 rings (SSSR count). The number of allylic oxidation sites excluding steroid dienone is 4. The third kappa shape index (κ3) is 7.07. The molecule has 1 aromatic rings. The van der Waals surface area contributed by atoms with E-state index >= 15 is 0 Å². The van der Waals surface area contributed by atoms with E-state index in [-0.39, 0.29) is 17.8 Å². The molecule has 1 atom stereocenters. The third-order valence-corrected chi connectivity index (χ3v) is 3.54. The lowest BCUT2D eigenvalue weighted by Crippen LogP contribution is -2.10. The Hall–Kier alpha value is -2.09. The van der Waals surface area contributed by atoms with Crippen LogP contribution in [0.2, 0.25) is 0 Å². The molecule has 0 aliphatic rings. The lowest BCUT2D eigenvalue weighted by atomic mass is 9.85. The van der Waals surface area contributed by atoms with Crippen molar-refractivity contribution in [2.45, 2.75) is 40.0 Å². The molecule has 0 radical (unpaired) electrons. The van der Waals surface area contributed by atoms with Gasteiger partial charge in [-0.3, -0.25) is 4.79 Å². The molecule has 0 amide bonds. The number of hydrogen-bond acceptors (Lipinski definition) is 2. The molecule has 0 heterocycles. The Balaban J connectivity index is 2.49. The molecule has 2 heteroatoms. The summed E-state index contributed by atoms with van der Waals surface area (Å²) in [6, 6.07) is 9.58. The molecular formula is C20H26O2. The number of hydrogen-bond donors (Lipinski definition) is 0. The van der Waals surface area contributed by atoms with Gasteiger partial charge in [0.15, 0.2) is 0 Å². The second kappa shape index (κ2) is 9.04. The number of carbonyl (C=O) groups is 1. The molecule has 0 aliphatic carbocycles. The first kappa shape index (κ1) is 18.0. The summed E-state index contributed by atoms with van der Waals surface area (Å²) in [7, 11) is 0. The van der Waals surface area contributed by atoms with Crippen LogP contribution in [-0.4, -0.2) is 5.97 Å². The van der Waals surface area contributed by atoms with E-state index in [4.69, 9.17) is 4.74 Å². The van der Waals surface area contributed by atoms with Crippen molar-refractivity contribution in [2.75, 3.05) is 0 Å². The van der Waals surface area contributed by atoms with Crippen LogP contribution in [0.5, 0.6) is 0 Å². The fraction of sp³-hybridized carbons (Fsp3) is 0.350. The smallest absolute Gasteiger partial charge is 0.315 e. The Kier molecular flexibility index (Phi) is 7.38. The zero-order valence-corrected chi connectivity index (χ0v) is 13.8. The monoisotopic (exact) mass is 298 g/mol. The second-order valence-electron chi connectivity index (χ2n) is 5.99. The van der Waals surface area contributed by atoms with Crippen LogP contribution in [0.15, 0.2) is 67.0 Å². The predicted octanol–water partition coefficient (Wildman–Crippen LogP) is 5.22. The van der Waals surface area contributed by atoms with Crippen LogP contribution in [-0.2, 0) is 16.0 Å². The summed E-state index contributed by atoms with van der Waals surface area (Å²) in [5.41, 5.74) is 2.10. The quantitative estimate of drug-likeness (QED) is 0.373. The lowest BCUT2D eigenvalue weighted by molar-refractivity contribution is -0.137. The molecule has 0 N–H and O–H groups in total. The van der Waals surface area contributed by atoms with Gasteiger partial charge >= 0.3 is 5.97 Å². The molecule has 0 saturated carbocycles. The molecule has 2 nitrogen and oxygen atoms in total. The highest BCUT2D eigenvalue weighted by Gasteiger charge is 2.15. The second-order valence-corrected chi connectivity index (χ2v) is 5.99. The third-order valence-electron chi connectivity index (χ3n) is 3.54. The Bertz CT molecular complexity index is 536. The summed E-state index contributed by atoms with van der Waals surface area (Å²) in [5, 5.41) is 0. The predicted molar refractivity (Wildman–Crippen MR) is 92.3 cm³/mol. The Morgan fingerprint density at radius 2 is 1.95 bits per heavy atom. The first-order valence-corrected chi connectivity index (χ1v) is 7.63. The van der Waals surface area contributed by atoms with Crippen molar-refractivity contribution in [3.05, 3.63) is 72.5 Å². The summed E-state index contributed by atoms with van der Waals surface area (Å²) in [5.74, 6) is -0.252. The van der Waals surface area contributed by atoms with Gasteiger partial charge in [0.25, 0.3) is 0 Å². The summed E-state index contributed by atoms with van der Waals surface area (Å²) in [4.78, 5) is 11.8. The van der Waals surface area contributed by atoms with Gasteiger partial charge in [0.2, 0.25) is 0 Å². The highest BCUT2D eigenvalue weighted by atomic mass is 16.5. The standard InChI is InChI=1S/C20H26O2/c1-5-20(4,13-9-10-17(2)3)14-15-22-19(21)16-18-11-7-6-8-12-18/h5-8,10-12,14-15H,1,9,13,16H2,2-4H3. The Morgan fingerprint density at radius 1 is 1.27 bits per heavy atom. The van der Waals surface area contributed by atoms with Crippen LogP contribution >= 0.6 is 0 Å². The summed E-state index contributed by atoms with van der Waals surface area (Å²) in [6.07, 6.45) is 9.71. The van der Waals surface area contributed by atoms with E-state index in [0.717, 1.165) is 18.4 Å². The molecule has 0 aromatic heterocycles. The normalized spacial score (nSPS) is 13.4. The fourth-order valence-electron chi connectivity index (χ4n) is 1.99. The van der Waals surface area contributed by atoms with Crippen molar-refractivity contribution in [1.29, 1.82) is 0 Å². The first-order chi connectivity index (χ1) is 10.4. The molecule has 0 bridgehead atoms. The first-order valence-electron chi connectivity index (χ1n) is 7.63. The Morgan fingerprint density at radius 3 is 2.55 bits per heavy atom. The number of ether oxygens (including phenoxy) is 1. The van der Waals surface area contributed by atoms with Gasteiger partial charge in [-0.05, 0) is 38.3 Å². The van der Waals surface area contributed by atoms with E-state index < -0.39 is 0 Å². The van der Waals surface area contributed by atoms with Crippen molar-refractivity contribution < 1.29 is 9.53 Å². The summed E-state index contributed by atoms with van der Waals surface area (Å²) >= 11 is 0. The van der Waals surface area contributed by atoms with Crippen molar-refractivity contribution in [1.82, 2.24) is 0 Å². The highest BCUT2D eigenvalue weighted by molar-refractivity contribution is 5.73. The zero-order chi connectivity index (χ0) is 16.4. The summed E-state index contributed by atoms with van der Waals surface area (Å²) < 4.78 is 5.19. The molecule has 0 spiro atoms. The maximum absolute atomic E-state index is 11.8. The average molecular weight is 298 g/mol. The molecule has 1 unspecified atom stereocenters. The van der Waals surface area contributed by atoms with Crippen LogP contribution in [0.4, 0.5) is 0 Å². The molecule has 118 valence electrons. The molecule has 22 heavy (non-hydrogen) atoms. The molecule has 0 saturated heterocycles. The SMILES string of the molecule is C=CC(C)(C=COC(=O)Cc1ccccc1)CCC=C(C)C. The van der Waals surface area contributed by atoms with Crippen LogP contribution in [0.25, 0.3) is 0 Å². The topological polar surface area (TPSA) is 26.3 Å². The number of rotatable bonds is 8. The minimum absolute atomic E-state index is 0.168. The van der Waals surface area contributed by atoms with Crippen molar-refractivity contribution in [3.8, 4) is 0 Å². The van der Waals surface area contributed by atoms with Gasteiger partial charge in [-0.25, -0.2) is 0 Å². The molecule has 0 fully saturated rings. The lowest BCUT2D eigenvalue weighted by Gasteiger charge is -2.20. The maximum atomic E-state index is 11.8. The van der Waals surface area contributed by atoms with Gasteiger partial charge in [0.1, 0.15) is 0 Å². The van der Waals surface area contributed by atoms with Crippen LogP contribution in [0.1, 0.15) is 39.2 Å². The minimum atomic E-state index is -0.252. The minimum Gasteiger partial charge on any atom is -0.435 e. The fourth-order valence-corrected chi connectivity index (χ4v) is 1.99. The van der Waals surface area contributed by atoms with Gasteiger partial charge < -0.3 is 4.74 Å². The molecule has 0 aliphatic heterocycles. The van der Waals surface area contributed by atoms with Crippen LogP contribution in [0, 0.1) is 5.41 Å². The van der Waals surface area contributed by atoms with E-state index in [1.807, 2.05) is 42.5 Å². The van der Waals surface area contributed by atoms with E-state index in [2.05, 4.69) is 33.4 Å². The van der Waals surface area contributed by atoms with Gasteiger partial charge in [0.05, 0.1) is 12.7 Å². The maximum Gasteiger partial charge on any atom is 0.315 e. The number of benzene rings is 1. The van der Waals surface area contributed by atoms with E-state index in [0.29, 0.717) is 0 Å². The van der Waals surface area contributed by atoms with Crippen molar-refractivity contribution in [3.63, 3.8) is 0 Å². The molecular weight excluding hydrogens is 272 g/mol. The van der Waals surface area contributed by atoms with Gasteiger partial charge in [-0.1, -0.05) is 55.0 Å². The number of carbonyl (C=O) groups excluding carboxylic acids is 1. The van der Waals surface area contributed by atoms with Crippen molar-refractivity contribution in [2.24, 2.45) is 5.41 Å². The Labute approximate surface area is 134 Å². The zero-order valence-electron chi connectivity index (χ0n) is 13.8. The highest BCUT2D eigenvalue weighted by Crippen LogP contribution is 2.27. The largest absolute Gasteiger partial charge is 0.435 e. The van der Waals surface area contributed by atoms with Gasteiger partial charge in [0, 0.05) is 5.41 Å². The van der Waals surface area contributed by atoms with E-state index in [9.17, 15) is 4.79 Å².